The van der Waals surface area contributed by atoms with Crippen LogP contribution in [-0.4, -0.2) is 38.3 Å². The SMILES string of the molecule is COCC1(CNC(=O)c2cccc(C)c2I)CCCN1. The molecule has 20 heavy (non-hydrogen) atoms. The van der Waals surface area contributed by atoms with Crippen molar-refractivity contribution >= 4 is 28.5 Å². The summed E-state index contributed by atoms with van der Waals surface area (Å²) in [6.07, 6.45) is 2.16. The molecule has 4 nitrogen and oxygen atoms in total. The molecular formula is C15H21IN2O2. The largest absolute Gasteiger partial charge is 0.383 e. The number of rotatable bonds is 5. The summed E-state index contributed by atoms with van der Waals surface area (Å²) in [7, 11) is 1.70. The summed E-state index contributed by atoms with van der Waals surface area (Å²) in [6.45, 7) is 4.23. The number of amides is 1. The quantitative estimate of drug-likeness (QED) is 0.760. The molecule has 1 aliphatic heterocycles. The molecule has 1 aromatic carbocycles. The number of benzene rings is 1. The van der Waals surface area contributed by atoms with Crippen LogP contribution in [0.4, 0.5) is 0 Å². The highest BCUT2D eigenvalue weighted by Gasteiger charge is 2.33. The molecule has 0 aromatic heterocycles. The molecule has 1 saturated heterocycles. The topological polar surface area (TPSA) is 50.4 Å². The number of ether oxygens (including phenoxy) is 1. The van der Waals surface area contributed by atoms with Gasteiger partial charge in [0.1, 0.15) is 0 Å². The molecule has 1 amide bonds. The smallest absolute Gasteiger partial charge is 0.252 e. The van der Waals surface area contributed by atoms with Gasteiger partial charge < -0.3 is 15.4 Å². The Balaban J connectivity index is 2.02. The van der Waals surface area contributed by atoms with Gasteiger partial charge in [0.05, 0.1) is 17.7 Å². The van der Waals surface area contributed by atoms with Crippen LogP contribution in [0.2, 0.25) is 0 Å². The zero-order chi connectivity index (χ0) is 14.6. The fourth-order valence-corrected chi connectivity index (χ4v) is 3.24. The molecule has 0 bridgehead atoms. The standard InChI is InChI=1S/C15H21IN2O2/c1-11-5-3-6-12(13(11)16)14(19)17-9-15(10-20-2)7-4-8-18-15/h3,5-6,18H,4,7-10H2,1-2H3,(H,17,19). The Labute approximate surface area is 133 Å². The van der Waals surface area contributed by atoms with Crippen molar-refractivity contribution in [2.24, 2.45) is 0 Å². The number of carbonyl (C=O) groups excluding carboxylic acids is 1. The molecule has 1 heterocycles. The second-order valence-corrected chi connectivity index (χ2v) is 6.44. The number of carbonyl (C=O) groups is 1. The van der Waals surface area contributed by atoms with Crippen LogP contribution in [-0.2, 0) is 4.74 Å². The van der Waals surface area contributed by atoms with Gasteiger partial charge in [0.25, 0.3) is 5.91 Å². The second kappa shape index (κ2) is 6.87. The summed E-state index contributed by atoms with van der Waals surface area (Å²) in [4.78, 5) is 12.3. The molecule has 1 aliphatic rings. The van der Waals surface area contributed by atoms with Crippen molar-refractivity contribution in [1.82, 2.24) is 10.6 Å². The zero-order valence-corrected chi connectivity index (χ0v) is 14.1. The molecule has 1 fully saturated rings. The maximum absolute atomic E-state index is 12.3. The Morgan fingerprint density at radius 1 is 1.55 bits per heavy atom. The average Bonchev–Trinajstić information content (AvgIpc) is 2.89. The Hall–Kier alpha value is -0.660. The zero-order valence-electron chi connectivity index (χ0n) is 12.0. The highest BCUT2D eigenvalue weighted by molar-refractivity contribution is 14.1. The number of hydrogen-bond donors (Lipinski definition) is 2. The molecule has 110 valence electrons. The number of hydrogen-bond acceptors (Lipinski definition) is 3. The van der Waals surface area contributed by atoms with Crippen molar-refractivity contribution < 1.29 is 9.53 Å². The van der Waals surface area contributed by atoms with Gasteiger partial charge in [0.15, 0.2) is 0 Å². The van der Waals surface area contributed by atoms with Gasteiger partial charge in [-0.05, 0) is 60.5 Å². The Morgan fingerprint density at radius 3 is 3.00 bits per heavy atom. The third-order valence-corrected chi connectivity index (χ3v) is 5.21. The van der Waals surface area contributed by atoms with Crippen LogP contribution >= 0.6 is 22.6 Å². The molecule has 0 aliphatic carbocycles. The average molecular weight is 388 g/mol. The van der Waals surface area contributed by atoms with Gasteiger partial charge in [-0.1, -0.05) is 12.1 Å². The predicted octanol–water partition coefficient (Wildman–Crippen LogP) is 2.10. The molecular weight excluding hydrogens is 367 g/mol. The molecule has 1 unspecified atom stereocenters. The molecule has 1 atom stereocenters. The van der Waals surface area contributed by atoms with E-state index in [0.717, 1.165) is 34.1 Å². The number of methoxy groups -OCH3 is 1. The first kappa shape index (κ1) is 15.7. The molecule has 0 saturated carbocycles. The van der Waals surface area contributed by atoms with Crippen molar-refractivity contribution in [3.05, 3.63) is 32.9 Å². The van der Waals surface area contributed by atoms with E-state index in [2.05, 4.69) is 33.2 Å². The summed E-state index contributed by atoms with van der Waals surface area (Å²) < 4.78 is 6.31. The van der Waals surface area contributed by atoms with Gasteiger partial charge in [0.2, 0.25) is 0 Å². The number of aryl methyl sites for hydroxylation is 1. The minimum Gasteiger partial charge on any atom is -0.383 e. The fourth-order valence-electron chi connectivity index (χ4n) is 2.64. The summed E-state index contributed by atoms with van der Waals surface area (Å²) in [5.41, 5.74) is 1.76. The van der Waals surface area contributed by atoms with Crippen LogP contribution in [0.1, 0.15) is 28.8 Å². The van der Waals surface area contributed by atoms with E-state index in [1.165, 1.54) is 0 Å². The third-order valence-electron chi connectivity index (χ3n) is 3.78. The van der Waals surface area contributed by atoms with E-state index in [4.69, 9.17) is 4.74 Å². The molecule has 2 rings (SSSR count). The molecule has 2 N–H and O–H groups in total. The second-order valence-electron chi connectivity index (χ2n) is 5.36. The van der Waals surface area contributed by atoms with E-state index < -0.39 is 0 Å². The van der Waals surface area contributed by atoms with E-state index in [-0.39, 0.29) is 11.4 Å². The van der Waals surface area contributed by atoms with Crippen LogP contribution in [0.25, 0.3) is 0 Å². The van der Waals surface area contributed by atoms with Crippen LogP contribution in [0, 0.1) is 10.5 Å². The maximum Gasteiger partial charge on any atom is 0.252 e. The summed E-state index contributed by atoms with van der Waals surface area (Å²) >= 11 is 2.23. The first-order chi connectivity index (χ1) is 9.58. The lowest BCUT2D eigenvalue weighted by atomic mass is 9.98. The van der Waals surface area contributed by atoms with Crippen molar-refractivity contribution in [3.63, 3.8) is 0 Å². The highest BCUT2D eigenvalue weighted by atomic mass is 127. The van der Waals surface area contributed by atoms with Gasteiger partial charge in [-0.2, -0.15) is 0 Å². The van der Waals surface area contributed by atoms with Crippen LogP contribution < -0.4 is 10.6 Å². The molecule has 0 radical (unpaired) electrons. The van der Waals surface area contributed by atoms with E-state index in [1.54, 1.807) is 7.11 Å². The van der Waals surface area contributed by atoms with Gasteiger partial charge in [-0.15, -0.1) is 0 Å². The summed E-state index contributed by atoms with van der Waals surface area (Å²) in [5, 5.41) is 6.51. The van der Waals surface area contributed by atoms with Gasteiger partial charge >= 0.3 is 0 Å². The lowest BCUT2D eigenvalue weighted by Crippen LogP contribution is -2.53. The van der Waals surface area contributed by atoms with Gasteiger partial charge in [0, 0.05) is 17.2 Å². The Morgan fingerprint density at radius 2 is 2.35 bits per heavy atom. The highest BCUT2D eigenvalue weighted by Crippen LogP contribution is 2.20. The monoisotopic (exact) mass is 388 g/mol. The maximum atomic E-state index is 12.3. The minimum absolute atomic E-state index is 0.0118. The van der Waals surface area contributed by atoms with E-state index in [9.17, 15) is 4.79 Å². The van der Waals surface area contributed by atoms with Gasteiger partial charge in [-0.3, -0.25) is 4.79 Å². The summed E-state index contributed by atoms with van der Waals surface area (Å²) in [5.74, 6) is -0.0118. The Kier molecular flexibility index (Phi) is 5.40. The van der Waals surface area contributed by atoms with Crippen molar-refractivity contribution in [2.75, 3.05) is 26.8 Å². The number of nitrogens with one attached hydrogen (secondary N) is 2. The predicted molar refractivity (Wildman–Crippen MR) is 88.1 cm³/mol. The minimum atomic E-state index is -0.111. The lowest BCUT2D eigenvalue weighted by molar-refractivity contribution is 0.0891. The first-order valence-electron chi connectivity index (χ1n) is 6.85. The van der Waals surface area contributed by atoms with E-state index in [0.29, 0.717) is 13.2 Å². The first-order valence-corrected chi connectivity index (χ1v) is 7.93. The molecule has 0 spiro atoms. The van der Waals surface area contributed by atoms with Crippen molar-refractivity contribution in [2.45, 2.75) is 25.3 Å². The van der Waals surface area contributed by atoms with Crippen LogP contribution in [0.3, 0.4) is 0 Å². The summed E-state index contributed by atoms with van der Waals surface area (Å²) in [6, 6.07) is 5.81. The number of halogens is 1. The normalized spacial score (nSPS) is 21.9. The van der Waals surface area contributed by atoms with Crippen LogP contribution in [0.5, 0.6) is 0 Å². The molecule has 5 heteroatoms. The Bertz CT molecular complexity index is 485. The van der Waals surface area contributed by atoms with E-state index >= 15 is 0 Å². The van der Waals surface area contributed by atoms with Crippen molar-refractivity contribution in [1.29, 1.82) is 0 Å². The molecule has 1 aromatic rings. The lowest BCUT2D eigenvalue weighted by Gasteiger charge is -2.29. The van der Waals surface area contributed by atoms with Gasteiger partial charge in [-0.25, -0.2) is 0 Å². The fraction of sp³-hybridized carbons (Fsp3) is 0.533. The van der Waals surface area contributed by atoms with Crippen molar-refractivity contribution in [3.8, 4) is 0 Å². The van der Waals surface area contributed by atoms with E-state index in [1.807, 2.05) is 25.1 Å². The third kappa shape index (κ3) is 3.51. The van der Waals surface area contributed by atoms with Crippen LogP contribution in [0.15, 0.2) is 18.2 Å².